The summed E-state index contributed by atoms with van der Waals surface area (Å²) in [6.07, 6.45) is 8.72. The van der Waals surface area contributed by atoms with Crippen LogP contribution in [0, 0.1) is 23.7 Å². The fourth-order valence-corrected chi connectivity index (χ4v) is 3.65. The first kappa shape index (κ1) is 15.1. The van der Waals surface area contributed by atoms with E-state index < -0.39 is 0 Å². The van der Waals surface area contributed by atoms with Crippen molar-refractivity contribution in [2.45, 2.75) is 44.9 Å². The van der Waals surface area contributed by atoms with Crippen LogP contribution in [0.25, 0.3) is 0 Å². The quantitative estimate of drug-likeness (QED) is 0.844. The van der Waals surface area contributed by atoms with Crippen LogP contribution in [-0.4, -0.2) is 30.4 Å². The molecule has 4 heteroatoms. The monoisotopic (exact) mass is 286 g/mol. The van der Waals surface area contributed by atoms with Gasteiger partial charge in [-0.15, -0.1) is 12.4 Å². The van der Waals surface area contributed by atoms with Gasteiger partial charge in [0, 0.05) is 19.0 Å². The fourth-order valence-electron chi connectivity index (χ4n) is 3.65. The van der Waals surface area contributed by atoms with Gasteiger partial charge in [-0.1, -0.05) is 0 Å². The Morgan fingerprint density at radius 2 is 1.79 bits per heavy atom. The fraction of sp³-hybridized carbons (Fsp3) is 0.933. The van der Waals surface area contributed by atoms with E-state index in [1.165, 1.54) is 38.5 Å². The largest absolute Gasteiger partial charge is 0.342 e. The number of hydrogen-bond donors (Lipinski definition) is 1. The molecule has 0 bridgehead atoms. The van der Waals surface area contributed by atoms with Crippen molar-refractivity contribution in [3.63, 3.8) is 0 Å². The van der Waals surface area contributed by atoms with Crippen LogP contribution in [-0.2, 0) is 4.79 Å². The summed E-state index contributed by atoms with van der Waals surface area (Å²) in [5, 5.41) is 0. The number of halogens is 1. The lowest BCUT2D eigenvalue weighted by molar-refractivity contribution is -0.139. The second-order valence-corrected chi connectivity index (χ2v) is 6.57. The van der Waals surface area contributed by atoms with Crippen molar-refractivity contribution < 1.29 is 4.79 Å². The number of amides is 1. The molecule has 1 unspecified atom stereocenters. The number of nitrogens with zero attached hydrogens (tertiary/aromatic N) is 1. The van der Waals surface area contributed by atoms with E-state index in [0.717, 1.165) is 37.9 Å². The van der Waals surface area contributed by atoms with E-state index in [1.54, 1.807) is 0 Å². The van der Waals surface area contributed by atoms with Crippen molar-refractivity contribution in [3.05, 3.63) is 0 Å². The summed E-state index contributed by atoms with van der Waals surface area (Å²) < 4.78 is 0. The van der Waals surface area contributed by atoms with Crippen molar-refractivity contribution in [1.82, 2.24) is 4.90 Å². The van der Waals surface area contributed by atoms with Crippen LogP contribution in [0.5, 0.6) is 0 Å². The number of piperidine rings is 1. The maximum Gasteiger partial charge on any atom is 0.226 e. The zero-order valence-corrected chi connectivity index (χ0v) is 12.5. The zero-order chi connectivity index (χ0) is 12.5. The SMILES string of the molecule is Cl.NCCC1CCCN(C(=O)C(C2CC2)C2CC2)C1. The van der Waals surface area contributed by atoms with Crippen LogP contribution in [0.1, 0.15) is 44.9 Å². The van der Waals surface area contributed by atoms with Crippen molar-refractivity contribution in [2.24, 2.45) is 29.4 Å². The van der Waals surface area contributed by atoms with Crippen LogP contribution in [0.15, 0.2) is 0 Å². The van der Waals surface area contributed by atoms with Gasteiger partial charge in [-0.05, 0) is 69.2 Å². The molecule has 0 aromatic heterocycles. The molecule has 3 aliphatic rings. The van der Waals surface area contributed by atoms with Crippen LogP contribution < -0.4 is 5.73 Å². The normalized spacial score (nSPS) is 27.3. The van der Waals surface area contributed by atoms with Gasteiger partial charge in [0.2, 0.25) is 5.91 Å². The van der Waals surface area contributed by atoms with Crippen molar-refractivity contribution in [2.75, 3.05) is 19.6 Å². The number of carbonyl (C=O) groups excluding carboxylic acids is 1. The first-order chi connectivity index (χ1) is 8.79. The summed E-state index contributed by atoms with van der Waals surface area (Å²) in [4.78, 5) is 14.9. The number of likely N-dealkylation sites (tertiary alicyclic amines) is 1. The third kappa shape index (κ3) is 3.63. The maximum atomic E-state index is 12.7. The second-order valence-electron chi connectivity index (χ2n) is 6.57. The molecule has 0 radical (unpaired) electrons. The highest BCUT2D eigenvalue weighted by molar-refractivity contribution is 5.85. The van der Waals surface area contributed by atoms with E-state index in [2.05, 4.69) is 4.90 Å². The molecule has 2 aliphatic carbocycles. The molecule has 3 rings (SSSR count). The summed E-state index contributed by atoms with van der Waals surface area (Å²) in [5.41, 5.74) is 5.65. The van der Waals surface area contributed by atoms with E-state index in [4.69, 9.17) is 5.73 Å². The molecular weight excluding hydrogens is 260 g/mol. The lowest BCUT2D eigenvalue weighted by atomic mass is 9.91. The molecule has 0 aromatic rings. The average molecular weight is 287 g/mol. The first-order valence-electron chi connectivity index (χ1n) is 7.78. The lowest BCUT2D eigenvalue weighted by Crippen LogP contribution is -2.44. The minimum absolute atomic E-state index is 0. The van der Waals surface area contributed by atoms with Crippen molar-refractivity contribution in [3.8, 4) is 0 Å². The van der Waals surface area contributed by atoms with Gasteiger partial charge in [0.15, 0.2) is 0 Å². The Labute approximate surface area is 122 Å². The van der Waals surface area contributed by atoms with Crippen molar-refractivity contribution in [1.29, 1.82) is 0 Å². The van der Waals surface area contributed by atoms with E-state index >= 15 is 0 Å². The van der Waals surface area contributed by atoms with Gasteiger partial charge in [-0.3, -0.25) is 4.79 Å². The number of hydrogen-bond acceptors (Lipinski definition) is 2. The summed E-state index contributed by atoms with van der Waals surface area (Å²) in [7, 11) is 0. The molecular formula is C15H27ClN2O. The molecule has 3 nitrogen and oxygen atoms in total. The Bertz CT molecular complexity index is 301. The van der Waals surface area contributed by atoms with Gasteiger partial charge in [0.05, 0.1) is 0 Å². The van der Waals surface area contributed by atoms with Gasteiger partial charge in [0.25, 0.3) is 0 Å². The van der Waals surface area contributed by atoms with Gasteiger partial charge in [-0.25, -0.2) is 0 Å². The molecule has 1 atom stereocenters. The predicted molar refractivity (Wildman–Crippen MR) is 79.2 cm³/mol. The van der Waals surface area contributed by atoms with Gasteiger partial charge >= 0.3 is 0 Å². The van der Waals surface area contributed by atoms with Gasteiger partial charge < -0.3 is 10.6 Å². The van der Waals surface area contributed by atoms with E-state index in [9.17, 15) is 4.79 Å². The summed E-state index contributed by atoms with van der Waals surface area (Å²) in [6, 6.07) is 0. The van der Waals surface area contributed by atoms with Crippen LogP contribution >= 0.6 is 12.4 Å². The molecule has 0 aromatic carbocycles. The lowest BCUT2D eigenvalue weighted by Gasteiger charge is -2.35. The number of carbonyl (C=O) groups is 1. The summed E-state index contributed by atoms with van der Waals surface area (Å²) in [5.74, 6) is 3.01. The highest BCUT2D eigenvalue weighted by Gasteiger charge is 2.47. The molecule has 110 valence electrons. The van der Waals surface area contributed by atoms with E-state index in [0.29, 0.717) is 17.7 Å². The Morgan fingerprint density at radius 1 is 1.16 bits per heavy atom. The third-order valence-corrected chi connectivity index (χ3v) is 4.95. The highest BCUT2D eigenvalue weighted by Crippen LogP contribution is 2.50. The number of nitrogens with two attached hydrogens (primary N) is 1. The van der Waals surface area contributed by atoms with Gasteiger partial charge in [0.1, 0.15) is 0 Å². The Morgan fingerprint density at radius 3 is 2.32 bits per heavy atom. The number of rotatable bonds is 5. The zero-order valence-electron chi connectivity index (χ0n) is 11.7. The van der Waals surface area contributed by atoms with Crippen LogP contribution in [0.2, 0.25) is 0 Å². The van der Waals surface area contributed by atoms with Crippen LogP contribution in [0.4, 0.5) is 0 Å². The molecule has 2 saturated carbocycles. The van der Waals surface area contributed by atoms with E-state index in [-0.39, 0.29) is 12.4 Å². The Kier molecular flexibility index (Phi) is 5.13. The predicted octanol–water partition coefficient (Wildman–Crippen LogP) is 2.43. The molecule has 19 heavy (non-hydrogen) atoms. The summed E-state index contributed by atoms with van der Waals surface area (Å²) >= 11 is 0. The maximum absolute atomic E-state index is 12.7. The van der Waals surface area contributed by atoms with E-state index in [1.807, 2.05) is 0 Å². The second kappa shape index (κ2) is 6.45. The minimum atomic E-state index is 0. The first-order valence-corrected chi connectivity index (χ1v) is 7.78. The summed E-state index contributed by atoms with van der Waals surface area (Å²) in [6.45, 7) is 2.74. The molecule has 1 aliphatic heterocycles. The molecule has 2 N–H and O–H groups in total. The Hall–Kier alpha value is -0.280. The highest BCUT2D eigenvalue weighted by atomic mass is 35.5. The van der Waals surface area contributed by atoms with Crippen LogP contribution in [0.3, 0.4) is 0 Å². The average Bonchev–Trinajstić information content (AvgIpc) is 3.25. The molecule has 1 amide bonds. The molecule has 3 fully saturated rings. The van der Waals surface area contributed by atoms with Crippen molar-refractivity contribution >= 4 is 18.3 Å². The van der Waals surface area contributed by atoms with Gasteiger partial charge in [-0.2, -0.15) is 0 Å². The standard InChI is InChI=1S/C15H26N2O.ClH/c16-8-7-11-2-1-9-17(10-11)15(18)14(12-3-4-12)13-5-6-13;/h11-14H,1-10,16H2;1H. The Balaban J connectivity index is 0.00000133. The minimum Gasteiger partial charge on any atom is -0.342 e. The molecule has 0 spiro atoms. The smallest absolute Gasteiger partial charge is 0.226 e. The molecule has 1 saturated heterocycles. The topological polar surface area (TPSA) is 46.3 Å². The third-order valence-electron chi connectivity index (χ3n) is 4.95. The molecule has 1 heterocycles.